The molecule has 25 heavy (non-hydrogen) atoms. The molecule has 0 N–H and O–H groups in total. The van der Waals surface area contributed by atoms with Crippen molar-refractivity contribution in [3.05, 3.63) is 41.5 Å². The predicted octanol–water partition coefficient (Wildman–Crippen LogP) is 2.75. The summed E-state index contributed by atoms with van der Waals surface area (Å²) >= 11 is 0. The van der Waals surface area contributed by atoms with E-state index in [1.165, 1.54) is 5.56 Å². The van der Waals surface area contributed by atoms with Crippen LogP contribution >= 0.6 is 0 Å². The fraction of sp³-hybridized carbons (Fsp3) is 0.526. The second-order valence-corrected chi connectivity index (χ2v) is 6.77. The zero-order valence-electron chi connectivity index (χ0n) is 14.6. The highest BCUT2D eigenvalue weighted by atomic mass is 16.5. The van der Waals surface area contributed by atoms with Crippen molar-refractivity contribution in [3.8, 4) is 0 Å². The van der Waals surface area contributed by atoms with E-state index < -0.39 is 0 Å². The van der Waals surface area contributed by atoms with Gasteiger partial charge in [-0.15, -0.1) is 0 Å². The summed E-state index contributed by atoms with van der Waals surface area (Å²) in [5.74, 6) is 1.66. The van der Waals surface area contributed by atoms with E-state index in [9.17, 15) is 4.79 Å². The molecule has 0 saturated carbocycles. The van der Waals surface area contributed by atoms with Gasteiger partial charge in [0, 0.05) is 31.6 Å². The van der Waals surface area contributed by atoms with Gasteiger partial charge >= 0.3 is 0 Å². The highest BCUT2D eigenvalue weighted by Crippen LogP contribution is 2.31. The smallest absolute Gasteiger partial charge is 0.228 e. The van der Waals surface area contributed by atoms with Crippen molar-refractivity contribution in [3.63, 3.8) is 0 Å². The van der Waals surface area contributed by atoms with Crippen LogP contribution in [0.5, 0.6) is 0 Å². The number of hydrogen-bond donors (Lipinski definition) is 0. The van der Waals surface area contributed by atoms with E-state index in [1.807, 2.05) is 30.0 Å². The van der Waals surface area contributed by atoms with E-state index in [2.05, 4.69) is 21.1 Å². The first-order valence-corrected chi connectivity index (χ1v) is 9.21. The van der Waals surface area contributed by atoms with Gasteiger partial charge in [-0.25, -0.2) is 0 Å². The summed E-state index contributed by atoms with van der Waals surface area (Å²) in [7, 11) is 0. The maximum absolute atomic E-state index is 12.7. The first-order chi connectivity index (χ1) is 12.3. The summed E-state index contributed by atoms with van der Waals surface area (Å²) in [6.07, 6.45) is 4.39. The van der Waals surface area contributed by atoms with Crippen molar-refractivity contribution in [2.75, 3.05) is 24.5 Å². The maximum atomic E-state index is 12.7. The van der Waals surface area contributed by atoms with E-state index in [1.54, 1.807) is 0 Å². The molecule has 1 aromatic carbocycles. The molecule has 3 heterocycles. The van der Waals surface area contributed by atoms with E-state index in [0.717, 1.165) is 56.8 Å². The Bertz CT molecular complexity index is 757. The number of rotatable bonds is 5. The number of carbonyl (C=O) groups excluding carboxylic acids is 1. The molecule has 1 fully saturated rings. The maximum Gasteiger partial charge on any atom is 0.228 e. The van der Waals surface area contributed by atoms with Gasteiger partial charge in [-0.05, 0) is 37.4 Å². The first-order valence-electron chi connectivity index (χ1n) is 9.21. The van der Waals surface area contributed by atoms with Crippen LogP contribution < -0.4 is 4.90 Å². The topological polar surface area (TPSA) is 62.5 Å². The molecular weight excluding hydrogens is 316 g/mol. The minimum absolute atomic E-state index is 0.183. The van der Waals surface area contributed by atoms with Crippen molar-refractivity contribution in [2.45, 2.75) is 45.1 Å². The van der Waals surface area contributed by atoms with Gasteiger partial charge in [0.1, 0.15) is 0 Å². The van der Waals surface area contributed by atoms with Gasteiger partial charge in [0.2, 0.25) is 11.8 Å². The van der Waals surface area contributed by atoms with E-state index in [4.69, 9.17) is 4.52 Å². The highest BCUT2D eigenvalue weighted by Gasteiger charge is 2.31. The Morgan fingerprint density at radius 3 is 3.04 bits per heavy atom. The van der Waals surface area contributed by atoms with E-state index in [-0.39, 0.29) is 11.9 Å². The Labute approximate surface area is 147 Å². The van der Waals surface area contributed by atoms with Crippen molar-refractivity contribution >= 4 is 11.6 Å². The van der Waals surface area contributed by atoms with Crippen LogP contribution in [-0.4, -0.2) is 40.6 Å². The van der Waals surface area contributed by atoms with Crippen molar-refractivity contribution in [1.29, 1.82) is 0 Å². The Balaban J connectivity index is 1.38. The van der Waals surface area contributed by atoms with Crippen LogP contribution in [-0.2, 0) is 17.6 Å². The van der Waals surface area contributed by atoms with Gasteiger partial charge in [-0.3, -0.25) is 9.69 Å². The van der Waals surface area contributed by atoms with Crippen LogP contribution in [0.25, 0.3) is 0 Å². The zero-order valence-corrected chi connectivity index (χ0v) is 14.6. The molecular formula is C19H24N4O2. The van der Waals surface area contributed by atoms with Crippen molar-refractivity contribution in [1.82, 2.24) is 15.0 Å². The number of fused-ring (bicyclic) bond motifs is 1. The van der Waals surface area contributed by atoms with Gasteiger partial charge in [0.25, 0.3) is 0 Å². The third kappa shape index (κ3) is 3.18. The lowest BCUT2D eigenvalue weighted by atomic mass is 10.2. The second kappa shape index (κ2) is 6.96. The molecule has 0 aliphatic carbocycles. The minimum atomic E-state index is 0.183. The van der Waals surface area contributed by atoms with Gasteiger partial charge in [-0.1, -0.05) is 30.3 Å². The van der Waals surface area contributed by atoms with Crippen LogP contribution in [0.4, 0.5) is 5.69 Å². The number of aryl methyl sites for hydroxylation is 1. The minimum Gasteiger partial charge on any atom is -0.339 e. The van der Waals surface area contributed by atoms with Gasteiger partial charge in [0.15, 0.2) is 5.82 Å². The van der Waals surface area contributed by atoms with E-state index in [0.29, 0.717) is 12.3 Å². The zero-order chi connectivity index (χ0) is 17.2. The molecule has 1 amide bonds. The average Bonchev–Trinajstić information content (AvgIpc) is 3.37. The number of amides is 1. The molecule has 1 atom stereocenters. The Hall–Kier alpha value is -2.21. The molecule has 1 saturated heterocycles. The van der Waals surface area contributed by atoms with Crippen LogP contribution in [0.3, 0.4) is 0 Å². The highest BCUT2D eigenvalue weighted by molar-refractivity contribution is 5.95. The molecule has 132 valence electrons. The molecule has 2 aliphatic rings. The number of benzene rings is 1. The Morgan fingerprint density at radius 1 is 1.32 bits per heavy atom. The Morgan fingerprint density at radius 2 is 2.20 bits per heavy atom. The SMILES string of the molecule is CCc1nc([C@H]2CCCN2CCC(=O)N2CCc3ccccc32)no1. The average molecular weight is 340 g/mol. The monoisotopic (exact) mass is 340 g/mol. The van der Waals surface area contributed by atoms with Gasteiger partial charge < -0.3 is 9.42 Å². The number of hydrogen-bond acceptors (Lipinski definition) is 5. The molecule has 2 aromatic rings. The molecule has 6 heteroatoms. The number of anilines is 1. The number of para-hydroxylation sites is 1. The number of likely N-dealkylation sites (tertiary alicyclic amines) is 1. The third-order valence-corrected chi connectivity index (χ3v) is 5.25. The fourth-order valence-corrected chi connectivity index (χ4v) is 3.90. The van der Waals surface area contributed by atoms with Gasteiger partial charge in [0.05, 0.1) is 6.04 Å². The number of carbonyl (C=O) groups is 1. The lowest BCUT2D eigenvalue weighted by Crippen LogP contribution is -2.33. The quantitative estimate of drug-likeness (QED) is 0.837. The molecule has 6 nitrogen and oxygen atoms in total. The largest absolute Gasteiger partial charge is 0.339 e. The normalized spacial score (nSPS) is 20.2. The van der Waals surface area contributed by atoms with Crippen LogP contribution in [0.1, 0.15) is 49.5 Å². The fourth-order valence-electron chi connectivity index (χ4n) is 3.90. The summed E-state index contributed by atoms with van der Waals surface area (Å²) in [5, 5.41) is 4.13. The molecule has 4 rings (SSSR count). The lowest BCUT2D eigenvalue weighted by molar-refractivity contribution is -0.118. The first kappa shape index (κ1) is 16.3. The molecule has 1 aromatic heterocycles. The Kier molecular flexibility index (Phi) is 4.53. The summed E-state index contributed by atoms with van der Waals surface area (Å²) in [6.45, 7) is 4.55. The third-order valence-electron chi connectivity index (χ3n) is 5.25. The van der Waals surface area contributed by atoms with Crippen LogP contribution in [0.2, 0.25) is 0 Å². The molecule has 0 radical (unpaired) electrons. The van der Waals surface area contributed by atoms with Crippen molar-refractivity contribution in [2.24, 2.45) is 0 Å². The summed E-state index contributed by atoms with van der Waals surface area (Å²) in [6, 6.07) is 8.38. The van der Waals surface area contributed by atoms with Crippen molar-refractivity contribution < 1.29 is 9.32 Å². The number of nitrogens with zero attached hydrogens (tertiary/aromatic N) is 4. The summed E-state index contributed by atoms with van der Waals surface area (Å²) < 4.78 is 5.26. The molecule has 0 bridgehead atoms. The lowest BCUT2D eigenvalue weighted by Gasteiger charge is -2.23. The van der Waals surface area contributed by atoms with E-state index >= 15 is 0 Å². The predicted molar refractivity (Wildman–Crippen MR) is 94.3 cm³/mol. The van der Waals surface area contributed by atoms with Crippen LogP contribution in [0.15, 0.2) is 28.8 Å². The molecule has 0 unspecified atom stereocenters. The summed E-state index contributed by atoms with van der Waals surface area (Å²) in [4.78, 5) is 21.4. The van der Waals surface area contributed by atoms with Gasteiger partial charge in [-0.2, -0.15) is 4.98 Å². The molecule has 0 spiro atoms. The van der Waals surface area contributed by atoms with Crippen LogP contribution in [0, 0.1) is 0 Å². The summed E-state index contributed by atoms with van der Waals surface area (Å²) in [5.41, 5.74) is 2.35. The second-order valence-electron chi connectivity index (χ2n) is 6.77. The standard InChI is InChI=1S/C19H24N4O2/c1-2-17-20-19(21-25-17)16-8-5-11-22(16)12-10-18(24)23-13-9-14-6-3-4-7-15(14)23/h3-4,6-7,16H,2,5,8-13H2,1H3/t16-/m1/s1. The number of aromatic nitrogens is 2. The molecule has 2 aliphatic heterocycles.